The average molecular weight is 297 g/mol. The first kappa shape index (κ1) is 13.5. The molecule has 1 aromatic carbocycles. The molecule has 2 saturated heterocycles. The molecule has 0 spiro atoms. The summed E-state index contributed by atoms with van der Waals surface area (Å²) in [4.78, 5) is 18.1. The Bertz CT molecular complexity index is 727. The fourth-order valence-electron chi connectivity index (χ4n) is 3.30. The van der Waals surface area contributed by atoms with Crippen LogP contribution in [0.15, 0.2) is 41.3 Å². The molecular formula is C16H19N5O. The zero-order valence-corrected chi connectivity index (χ0v) is 12.3. The third-order valence-electron chi connectivity index (χ3n) is 4.60. The first-order valence-corrected chi connectivity index (χ1v) is 7.59. The summed E-state index contributed by atoms with van der Waals surface area (Å²) in [5, 5.41) is 3.47. The van der Waals surface area contributed by atoms with Crippen LogP contribution < -0.4 is 16.7 Å². The first-order valence-electron chi connectivity index (χ1n) is 7.59. The van der Waals surface area contributed by atoms with Crippen LogP contribution in [-0.4, -0.2) is 40.1 Å². The maximum absolute atomic E-state index is 11.8. The van der Waals surface area contributed by atoms with Crippen LogP contribution in [0.25, 0.3) is 5.69 Å². The van der Waals surface area contributed by atoms with E-state index in [1.807, 2.05) is 12.1 Å². The van der Waals surface area contributed by atoms with Gasteiger partial charge in [0.25, 0.3) is 0 Å². The number of anilines is 1. The summed E-state index contributed by atoms with van der Waals surface area (Å²) in [6, 6.07) is 10.4. The highest BCUT2D eigenvalue weighted by Crippen LogP contribution is 2.24. The van der Waals surface area contributed by atoms with Gasteiger partial charge in [0.1, 0.15) is 5.82 Å². The average Bonchev–Trinajstić information content (AvgIpc) is 2.76. The summed E-state index contributed by atoms with van der Waals surface area (Å²) in [6.07, 6.45) is 1.66. The summed E-state index contributed by atoms with van der Waals surface area (Å²) >= 11 is 0. The van der Waals surface area contributed by atoms with Crippen molar-refractivity contribution in [3.05, 3.63) is 52.6 Å². The second-order valence-corrected chi connectivity index (χ2v) is 6.14. The van der Waals surface area contributed by atoms with Gasteiger partial charge in [-0.2, -0.15) is 4.98 Å². The lowest BCUT2D eigenvalue weighted by atomic mass is 9.96. The van der Waals surface area contributed by atoms with Gasteiger partial charge in [-0.05, 0) is 23.8 Å². The smallest absolute Gasteiger partial charge is 0.354 e. The molecule has 6 heteroatoms. The van der Waals surface area contributed by atoms with Gasteiger partial charge in [0.05, 0.1) is 5.69 Å². The SMILES string of the molecule is Nc1ccn(-c2ccc(CN3CC4CNC4C3)cc2)c(=O)n1. The molecule has 22 heavy (non-hydrogen) atoms. The third-order valence-corrected chi connectivity index (χ3v) is 4.60. The molecular weight excluding hydrogens is 278 g/mol. The molecule has 2 fully saturated rings. The largest absolute Gasteiger partial charge is 0.383 e. The van der Waals surface area contributed by atoms with Crippen molar-refractivity contribution in [1.82, 2.24) is 19.8 Å². The quantitative estimate of drug-likeness (QED) is 0.847. The van der Waals surface area contributed by atoms with Crippen molar-refractivity contribution in [2.45, 2.75) is 12.6 Å². The van der Waals surface area contributed by atoms with Gasteiger partial charge in [-0.15, -0.1) is 0 Å². The Morgan fingerprint density at radius 2 is 2.05 bits per heavy atom. The van der Waals surface area contributed by atoms with Gasteiger partial charge in [-0.1, -0.05) is 12.1 Å². The number of nitrogens with one attached hydrogen (secondary N) is 1. The Morgan fingerprint density at radius 3 is 2.64 bits per heavy atom. The molecule has 2 aliphatic heterocycles. The van der Waals surface area contributed by atoms with Crippen molar-refractivity contribution in [3.8, 4) is 5.69 Å². The van der Waals surface area contributed by atoms with E-state index < -0.39 is 0 Å². The number of nitrogens with zero attached hydrogens (tertiary/aromatic N) is 3. The number of aromatic nitrogens is 2. The highest BCUT2D eigenvalue weighted by Gasteiger charge is 2.38. The van der Waals surface area contributed by atoms with Crippen molar-refractivity contribution in [2.75, 3.05) is 25.4 Å². The van der Waals surface area contributed by atoms with Crippen LogP contribution in [0.4, 0.5) is 5.82 Å². The van der Waals surface area contributed by atoms with Gasteiger partial charge < -0.3 is 11.1 Å². The highest BCUT2D eigenvalue weighted by molar-refractivity contribution is 5.36. The topological polar surface area (TPSA) is 76.2 Å². The fourth-order valence-corrected chi connectivity index (χ4v) is 3.30. The minimum atomic E-state index is -0.352. The van der Waals surface area contributed by atoms with Crippen LogP contribution in [0.2, 0.25) is 0 Å². The molecule has 0 saturated carbocycles. The van der Waals surface area contributed by atoms with E-state index in [1.165, 1.54) is 16.7 Å². The molecule has 4 rings (SSSR count). The van der Waals surface area contributed by atoms with E-state index in [1.54, 1.807) is 12.3 Å². The lowest BCUT2D eigenvalue weighted by Gasteiger charge is -2.30. The van der Waals surface area contributed by atoms with Gasteiger partial charge in [-0.25, -0.2) is 4.79 Å². The monoisotopic (exact) mass is 297 g/mol. The van der Waals surface area contributed by atoms with Gasteiger partial charge in [0, 0.05) is 44.3 Å². The fraction of sp³-hybridized carbons (Fsp3) is 0.375. The molecule has 0 radical (unpaired) electrons. The van der Waals surface area contributed by atoms with Crippen molar-refractivity contribution in [1.29, 1.82) is 0 Å². The Hall–Kier alpha value is -2.18. The lowest BCUT2D eigenvalue weighted by Crippen LogP contribution is -2.51. The Balaban J connectivity index is 1.49. The molecule has 6 nitrogen and oxygen atoms in total. The van der Waals surface area contributed by atoms with Crippen molar-refractivity contribution in [2.24, 2.45) is 5.92 Å². The second kappa shape index (κ2) is 5.23. The summed E-state index contributed by atoms with van der Waals surface area (Å²) < 4.78 is 1.50. The molecule has 1 aromatic heterocycles. The minimum Gasteiger partial charge on any atom is -0.383 e. The van der Waals surface area contributed by atoms with Crippen LogP contribution in [0.1, 0.15) is 5.56 Å². The number of likely N-dealkylation sites (tertiary alicyclic amines) is 1. The summed E-state index contributed by atoms with van der Waals surface area (Å²) in [5.41, 5.74) is 7.24. The summed E-state index contributed by atoms with van der Waals surface area (Å²) in [6.45, 7) is 4.44. The standard InChI is InChI=1S/C16H19N5O/c17-15-5-6-21(16(22)19-15)13-3-1-11(2-4-13)8-20-9-12-7-18-14(12)10-20/h1-6,12,14,18H,7-10H2,(H2,17,19,22). The molecule has 2 unspecified atom stereocenters. The Kier molecular flexibility index (Phi) is 3.20. The van der Waals surface area contributed by atoms with E-state index in [4.69, 9.17) is 5.73 Å². The van der Waals surface area contributed by atoms with Gasteiger partial charge >= 0.3 is 5.69 Å². The van der Waals surface area contributed by atoms with E-state index in [0.29, 0.717) is 6.04 Å². The van der Waals surface area contributed by atoms with Crippen LogP contribution in [0.3, 0.4) is 0 Å². The minimum absolute atomic E-state index is 0.246. The molecule has 3 N–H and O–H groups in total. The van der Waals surface area contributed by atoms with Crippen molar-refractivity contribution >= 4 is 5.82 Å². The molecule has 114 valence electrons. The van der Waals surface area contributed by atoms with Crippen LogP contribution >= 0.6 is 0 Å². The van der Waals surface area contributed by atoms with Crippen LogP contribution in [0.5, 0.6) is 0 Å². The zero-order chi connectivity index (χ0) is 15.1. The van der Waals surface area contributed by atoms with Crippen LogP contribution in [0, 0.1) is 5.92 Å². The number of hydrogen-bond acceptors (Lipinski definition) is 5. The number of nitrogen functional groups attached to an aromatic ring is 1. The molecule has 2 aromatic rings. The van der Waals surface area contributed by atoms with Crippen molar-refractivity contribution < 1.29 is 0 Å². The molecule has 2 atom stereocenters. The van der Waals surface area contributed by atoms with E-state index in [2.05, 4.69) is 27.3 Å². The van der Waals surface area contributed by atoms with Crippen molar-refractivity contribution in [3.63, 3.8) is 0 Å². The predicted octanol–water partition coefficient (Wildman–Crippen LogP) is 0.218. The Morgan fingerprint density at radius 1 is 1.23 bits per heavy atom. The maximum atomic E-state index is 11.8. The normalized spacial score (nSPS) is 24.0. The predicted molar refractivity (Wildman–Crippen MR) is 84.8 cm³/mol. The number of rotatable bonds is 3. The molecule has 3 heterocycles. The number of nitrogens with two attached hydrogens (primary N) is 1. The lowest BCUT2D eigenvalue weighted by molar-refractivity contribution is 0.295. The molecule has 0 bridgehead atoms. The number of benzene rings is 1. The molecule has 0 aliphatic carbocycles. The summed E-state index contributed by atoms with van der Waals surface area (Å²) in [7, 11) is 0. The highest BCUT2D eigenvalue weighted by atomic mass is 16.1. The van der Waals surface area contributed by atoms with Gasteiger partial charge in [-0.3, -0.25) is 9.47 Å². The Labute approximate surface area is 128 Å². The van der Waals surface area contributed by atoms with Crippen LogP contribution in [-0.2, 0) is 6.54 Å². The second-order valence-electron chi connectivity index (χ2n) is 6.14. The third kappa shape index (κ3) is 2.40. The molecule has 0 amide bonds. The number of hydrogen-bond donors (Lipinski definition) is 2. The maximum Gasteiger partial charge on any atom is 0.354 e. The van der Waals surface area contributed by atoms with E-state index in [-0.39, 0.29) is 11.5 Å². The molecule has 2 aliphatic rings. The van der Waals surface area contributed by atoms with Gasteiger partial charge in [0.15, 0.2) is 0 Å². The zero-order valence-electron chi connectivity index (χ0n) is 12.3. The van der Waals surface area contributed by atoms with E-state index in [0.717, 1.165) is 31.2 Å². The summed E-state index contributed by atoms with van der Waals surface area (Å²) in [5.74, 6) is 1.08. The first-order chi connectivity index (χ1) is 10.7. The van der Waals surface area contributed by atoms with Gasteiger partial charge in [0.2, 0.25) is 0 Å². The van der Waals surface area contributed by atoms with E-state index in [9.17, 15) is 4.79 Å². The van der Waals surface area contributed by atoms with E-state index >= 15 is 0 Å². The number of fused-ring (bicyclic) bond motifs is 1.